The second-order valence-electron chi connectivity index (χ2n) is 6.30. The smallest absolute Gasteiger partial charge is 0.263 e. The second-order valence-corrected chi connectivity index (χ2v) is 6.30. The maximum Gasteiger partial charge on any atom is 0.263 e. The van der Waals surface area contributed by atoms with Crippen molar-refractivity contribution in [3.63, 3.8) is 0 Å². The molecule has 0 bridgehead atoms. The van der Waals surface area contributed by atoms with Crippen molar-refractivity contribution in [3.8, 4) is 5.69 Å². The van der Waals surface area contributed by atoms with Gasteiger partial charge in [-0.15, -0.1) is 0 Å². The van der Waals surface area contributed by atoms with E-state index in [1.54, 1.807) is 23.0 Å². The zero-order chi connectivity index (χ0) is 19.0. The predicted molar refractivity (Wildman–Crippen MR) is 91.6 cm³/mol. The Balaban J connectivity index is 1.65. The molecule has 1 N–H and O–H groups in total. The van der Waals surface area contributed by atoms with E-state index in [0.717, 1.165) is 11.8 Å². The van der Waals surface area contributed by atoms with Crippen molar-refractivity contribution in [1.82, 2.24) is 20.1 Å². The molecule has 0 spiro atoms. The molecule has 8 heteroatoms. The lowest BCUT2D eigenvalue weighted by Crippen LogP contribution is -2.32. The highest BCUT2D eigenvalue weighted by Gasteiger charge is 2.22. The molecule has 1 aromatic carbocycles. The fourth-order valence-corrected chi connectivity index (χ4v) is 3.22. The van der Waals surface area contributed by atoms with Crippen molar-refractivity contribution in [2.24, 2.45) is 0 Å². The Morgan fingerprint density at radius 2 is 2.07 bits per heavy atom. The molecule has 4 rings (SSSR count). The summed E-state index contributed by atoms with van der Waals surface area (Å²) in [5, 5.41) is 7.05. The summed E-state index contributed by atoms with van der Waals surface area (Å²) in [7, 11) is 0. The highest BCUT2D eigenvalue weighted by atomic mass is 19.3. The first-order chi connectivity index (χ1) is 13.0. The van der Waals surface area contributed by atoms with Crippen molar-refractivity contribution in [2.75, 3.05) is 6.54 Å². The minimum atomic E-state index is -2.74. The van der Waals surface area contributed by atoms with Crippen molar-refractivity contribution < 1.29 is 18.0 Å². The van der Waals surface area contributed by atoms with Crippen LogP contribution in [0.1, 0.15) is 39.3 Å². The summed E-state index contributed by atoms with van der Waals surface area (Å²) in [4.78, 5) is 16.1. The number of nitrogens with zero attached hydrogens (tertiary/aromatic N) is 3. The topological polar surface area (TPSA) is 59.8 Å². The number of pyridine rings is 1. The molecule has 0 atom stereocenters. The molecule has 0 unspecified atom stereocenters. The average molecular weight is 372 g/mol. The molecule has 1 amide bonds. The number of fused-ring (bicyclic) bond motifs is 1. The summed E-state index contributed by atoms with van der Waals surface area (Å²) in [5.74, 6) is -0.859. The number of nitrogens with one attached hydrogen (secondary N) is 1. The first kappa shape index (κ1) is 17.3. The third-order valence-electron chi connectivity index (χ3n) is 4.42. The Hall–Kier alpha value is -3.16. The van der Waals surface area contributed by atoms with Gasteiger partial charge in [-0.05, 0) is 35.9 Å². The molecular formula is C19H15F3N4O. The van der Waals surface area contributed by atoms with E-state index in [9.17, 15) is 18.0 Å². The first-order valence-electron chi connectivity index (χ1n) is 8.39. The highest BCUT2D eigenvalue weighted by Crippen LogP contribution is 2.23. The third kappa shape index (κ3) is 3.42. The number of amides is 1. The van der Waals surface area contributed by atoms with E-state index in [4.69, 9.17) is 0 Å². The molecular weight excluding hydrogens is 357 g/mol. The summed E-state index contributed by atoms with van der Waals surface area (Å²) < 4.78 is 41.1. The lowest BCUT2D eigenvalue weighted by atomic mass is 10.1. The fraction of sp³-hybridized carbons (Fsp3) is 0.211. The van der Waals surface area contributed by atoms with Gasteiger partial charge in [0.1, 0.15) is 5.82 Å². The van der Waals surface area contributed by atoms with E-state index >= 15 is 0 Å². The summed E-state index contributed by atoms with van der Waals surface area (Å²) in [6, 6.07) is 6.84. The Morgan fingerprint density at radius 3 is 2.89 bits per heavy atom. The van der Waals surface area contributed by atoms with Crippen molar-refractivity contribution >= 4 is 5.91 Å². The Labute approximate surface area is 152 Å². The van der Waals surface area contributed by atoms with Gasteiger partial charge in [0.15, 0.2) is 0 Å². The summed E-state index contributed by atoms with van der Waals surface area (Å²) in [6.45, 7) is 0.537. The summed E-state index contributed by atoms with van der Waals surface area (Å²) in [6.07, 6.45) is 1.22. The van der Waals surface area contributed by atoms with Crippen molar-refractivity contribution in [3.05, 3.63) is 76.6 Å². The van der Waals surface area contributed by atoms with Crippen LogP contribution in [0.4, 0.5) is 13.2 Å². The molecule has 27 heavy (non-hydrogen) atoms. The lowest BCUT2D eigenvalue weighted by Gasteiger charge is -2.15. The highest BCUT2D eigenvalue weighted by molar-refractivity contribution is 5.96. The molecule has 3 aromatic rings. The van der Waals surface area contributed by atoms with Crippen LogP contribution in [-0.2, 0) is 12.8 Å². The zero-order valence-corrected chi connectivity index (χ0v) is 14.1. The van der Waals surface area contributed by atoms with Gasteiger partial charge in [-0.2, -0.15) is 5.10 Å². The number of halogens is 3. The summed E-state index contributed by atoms with van der Waals surface area (Å²) >= 11 is 0. The van der Waals surface area contributed by atoms with Crippen LogP contribution in [0.3, 0.4) is 0 Å². The minimum absolute atomic E-state index is 0.156. The minimum Gasteiger partial charge on any atom is -0.352 e. The molecule has 0 radical (unpaired) electrons. The van der Waals surface area contributed by atoms with Gasteiger partial charge in [0.2, 0.25) is 0 Å². The quantitative estimate of drug-likeness (QED) is 0.765. The largest absolute Gasteiger partial charge is 0.352 e. The Kier molecular flexibility index (Phi) is 4.39. The van der Waals surface area contributed by atoms with Gasteiger partial charge in [-0.3, -0.25) is 9.78 Å². The molecule has 1 aliphatic heterocycles. The molecule has 0 aliphatic carbocycles. The molecule has 3 heterocycles. The monoisotopic (exact) mass is 372 g/mol. The maximum absolute atomic E-state index is 13.6. The third-order valence-corrected chi connectivity index (χ3v) is 4.42. The molecule has 5 nitrogen and oxygen atoms in total. The van der Waals surface area contributed by atoms with Crippen LogP contribution in [0.5, 0.6) is 0 Å². The number of carbonyl (C=O) groups is 1. The predicted octanol–water partition coefficient (Wildman–Crippen LogP) is 3.22. The Morgan fingerprint density at radius 1 is 1.22 bits per heavy atom. The van der Waals surface area contributed by atoms with Crippen LogP contribution in [0.25, 0.3) is 5.69 Å². The van der Waals surface area contributed by atoms with E-state index < -0.39 is 12.2 Å². The average Bonchev–Trinajstić information content (AvgIpc) is 3.07. The first-order valence-corrected chi connectivity index (χ1v) is 8.39. The van der Waals surface area contributed by atoms with Crippen LogP contribution >= 0.6 is 0 Å². The van der Waals surface area contributed by atoms with Crippen LogP contribution in [0.2, 0.25) is 0 Å². The van der Waals surface area contributed by atoms with Crippen molar-refractivity contribution in [1.29, 1.82) is 0 Å². The molecule has 1 aliphatic rings. The van der Waals surface area contributed by atoms with Gasteiger partial charge in [-0.25, -0.2) is 17.9 Å². The second kappa shape index (κ2) is 6.86. The number of benzene rings is 1. The zero-order valence-electron chi connectivity index (χ0n) is 14.1. The van der Waals surface area contributed by atoms with E-state index in [1.807, 2.05) is 0 Å². The number of carbonyl (C=O) groups excluding carboxylic acids is 1. The van der Waals surface area contributed by atoms with E-state index in [2.05, 4.69) is 15.4 Å². The molecule has 0 saturated heterocycles. The van der Waals surface area contributed by atoms with Crippen molar-refractivity contribution in [2.45, 2.75) is 19.3 Å². The molecule has 0 saturated carbocycles. The molecule has 2 aromatic heterocycles. The normalized spacial score (nSPS) is 13.6. The fourth-order valence-electron chi connectivity index (χ4n) is 3.22. The SMILES string of the molecule is O=C1NCCc2c1cnn2-c1ccnc(Cc2cc(F)cc(C(F)F)c2)c1. The molecule has 138 valence electrons. The van der Waals surface area contributed by atoms with Crippen LogP contribution in [-0.4, -0.2) is 27.2 Å². The van der Waals surface area contributed by atoms with Gasteiger partial charge < -0.3 is 5.32 Å². The van der Waals surface area contributed by atoms with Gasteiger partial charge in [0, 0.05) is 36.8 Å². The Bertz CT molecular complexity index is 1020. The number of hydrogen-bond acceptors (Lipinski definition) is 3. The standard InChI is InChI=1S/C19H15F3N4O/c20-13-6-11(5-12(8-13)18(21)22)7-14-9-15(1-3-23-14)26-17-2-4-24-19(27)16(17)10-25-26/h1,3,5-6,8-10,18H,2,4,7H2,(H,24,27). The number of aromatic nitrogens is 3. The number of alkyl halides is 2. The van der Waals surface area contributed by atoms with Gasteiger partial charge in [0.25, 0.3) is 12.3 Å². The van der Waals surface area contributed by atoms with E-state index in [0.29, 0.717) is 35.5 Å². The number of hydrogen-bond donors (Lipinski definition) is 1. The maximum atomic E-state index is 13.6. The van der Waals surface area contributed by atoms with Crippen LogP contribution in [0, 0.1) is 5.82 Å². The van der Waals surface area contributed by atoms with Gasteiger partial charge in [-0.1, -0.05) is 0 Å². The van der Waals surface area contributed by atoms with Crippen LogP contribution in [0.15, 0.2) is 42.7 Å². The van der Waals surface area contributed by atoms with Gasteiger partial charge >= 0.3 is 0 Å². The molecule has 0 fully saturated rings. The van der Waals surface area contributed by atoms with E-state index in [-0.39, 0.29) is 17.9 Å². The number of rotatable bonds is 4. The van der Waals surface area contributed by atoms with Gasteiger partial charge in [0.05, 0.1) is 23.1 Å². The van der Waals surface area contributed by atoms with Crippen LogP contribution < -0.4 is 5.32 Å². The van der Waals surface area contributed by atoms with E-state index in [1.165, 1.54) is 18.3 Å². The summed E-state index contributed by atoms with van der Waals surface area (Å²) in [5.41, 5.74) is 2.70. The lowest BCUT2D eigenvalue weighted by molar-refractivity contribution is 0.0945.